The number of hydrogen-bond acceptors (Lipinski definition) is 1. The normalized spacial score (nSPS) is 16.5. The molecule has 22 heavy (non-hydrogen) atoms. The molecule has 0 heterocycles. The lowest BCUT2D eigenvalue weighted by atomic mass is 9.83. The maximum absolute atomic E-state index is 11.7. The summed E-state index contributed by atoms with van der Waals surface area (Å²) in [6.45, 7) is 4.32. The van der Waals surface area contributed by atoms with Crippen molar-refractivity contribution < 1.29 is 9.90 Å². The average Bonchev–Trinajstić information content (AvgIpc) is 2.87. The van der Waals surface area contributed by atoms with Gasteiger partial charge in [0, 0.05) is 11.5 Å². The predicted molar refractivity (Wildman–Crippen MR) is 89.0 cm³/mol. The van der Waals surface area contributed by atoms with Crippen molar-refractivity contribution in [2.45, 2.75) is 32.1 Å². The fraction of sp³-hybridized carbons (Fsp3) is 0.250. The number of benzene rings is 2. The van der Waals surface area contributed by atoms with Crippen LogP contribution in [0.2, 0.25) is 0 Å². The topological polar surface area (TPSA) is 37.3 Å². The molecule has 1 aliphatic carbocycles. The quantitative estimate of drug-likeness (QED) is 0.893. The van der Waals surface area contributed by atoms with Crippen molar-refractivity contribution in [3.05, 3.63) is 76.4 Å². The van der Waals surface area contributed by atoms with E-state index >= 15 is 0 Å². The van der Waals surface area contributed by atoms with Crippen LogP contribution >= 0.6 is 0 Å². The second-order valence-corrected chi connectivity index (χ2v) is 6.15. The van der Waals surface area contributed by atoms with E-state index in [1.807, 2.05) is 36.4 Å². The smallest absolute Gasteiger partial charge is 0.332 e. The minimum atomic E-state index is -0.813. The summed E-state index contributed by atoms with van der Waals surface area (Å²) in [5.41, 5.74) is 5.19. The van der Waals surface area contributed by atoms with Gasteiger partial charge in [0.15, 0.2) is 0 Å². The van der Waals surface area contributed by atoms with E-state index in [4.69, 9.17) is 0 Å². The molecule has 0 bridgehead atoms. The molecular weight excluding hydrogens is 272 g/mol. The fourth-order valence-electron chi connectivity index (χ4n) is 3.33. The summed E-state index contributed by atoms with van der Waals surface area (Å²) in [6.07, 6.45) is 2.58. The molecule has 0 spiro atoms. The Balaban J connectivity index is 2.08. The Kier molecular flexibility index (Phi) is 3.84. The lowest BCUT2D eigenvalue weighted by molar-refractivity contribution is -0.132. The van der Waals surface area contributed by atoms with Crippen molar-refractivity contribution >= 4 is 12.0 Å². The summed E-state index contributed by atoms with van der Waals surface area (Å²) in [7, 11) is 0. The summed E-state index contributed by atoms with van der Waals surface area (Å²) in [5.74, 6) is -0.491. The highest BCUT2D eigenvalue weighted by Crippen LogP contribution is 2.42. The zero-order chi connectivity index (χ0) is 15.7. The number of aliphatic carboxylic acids is 1. The second kappa shape index (κ2) is 5.80. The first-order chi connectivity index (χ1) is 10.6. The van der Waals surface area contributed by atoms with Crippen LogP contribution in [0.4, 0.5) is 0 Å². The van der Waals surface area contributed by atoms with E-state index in [1.165, 1.54) is 16.7 Å². The number of fused-ring (bicyclic) bond motifs is 1. The number of hydrogen-bond donors (Lipinski definition) is 1. The third kappa shape index (κ3) is 2.57. The molecule has 1 unspecified atom stereocenters. The minimum absolute atomic E-state index is 0.0616. The Morgan fingerprint density at radius 3 is 2.45 bits per heavy atom. The maximum Gasteiger partial charge on any atom is 0.332 e. The highest BCUT2D eigenvalue weighted by molar-refractivity contribution is 5.97. The standard InChI is InChI=1S/C20H20O2/c1-13(2)16-10-6-9-15-12-18(20(21)22)17(19(15)16)11-14-7-4-3-5-8-14/h3-10,12-13,17H,11H2,1-2H3,(H,21,22). The minimum Gasteiger partial charge on any atom is -0.478 e. The summed E-state index contributed by atoms with van der Waals surface area (Å²) in [4.78, 5) is 11.7. The van der Waals surface area contributed by atoms with E-state index in [0.717, 1.165) is 12.0 Å². The Bertz CT molecular complexity index is 727. The molecule has 1 N–H and O–H groups in total. The molecule has 0 aromatic heterocycles. The zero-order valence-corrected chi connectivity index (χ0v) is 12.9. The van der Waals surface area contributed by atoms with E-state index in [0.29, 0.717) is 11.5 Å². The number of carboxylic acid groups (broad SMARTS) is 1. The van der Waals surface area contributed by atoms with Crippen molar-refractivity contribution in [2.24, 2.45) is 0 Å². The fourth-order valence-corrected chi connectivity index (χ4v) is 3.33. The summed E-state index contributed by atoms with van der Waals surface area (Å²) >= 11 is 0. The van der Waals surface area contributed by atoms with Crippen molar-refractivity contribution in [2.75, 3.05) is 0 Å². The average molecular weight is 292 g/mol. The lowest BCUT2D eigenvalue weighted by Crippen LogP contribution is -2.12. The van der Waals surface area contributed by atoms with Crippen LogP contribution in [0, 0.1) is 0 Å². The molecule has 3 rings (SSSR count). The van der Waals surface area contributed by atoms with E-state index in [1.54, 1.807) is 0 Å². The Hall–Kier alpha value is -2.35. The van der Waals surface area contributed by atoms with Gasteiger partial charge >= 0.3 is 5.97 Å². The van der Waals surface area contributed by atoms with Gasteiger partial charge in [-0.25, -0.2) is 4.79 Å². The van der Waals surface area contributed by atoms with Gasteiger partial charge in [-0.05, 0) is 40.7 Å². The molecule has 2 heteroatoms. The summed E-state index contributed by atoms with van der Waals surface area (Å²) < 4.78 is 0. The Morgan fingerprint density at radius 2 is 1.82 bits per heavy atom. The van der Waals surface area contributed by atoms with E-state index < -0.39 is 5.97 Å². The molecule has 1 atom stereocenters. The van der Waals surface area contributed by atoms with Crippen molar-refractivity contribution in [1.29, 1.82) is 0 Å². The van der Waals surface area contributed by atoms with Crippen LogP contribution in [0.25, 0.3) is 6.08 Å². The van der Waals surface area contributed by atoms with Gasteiger partial charge in [-0.1, -0.05) is 62.4 Å². The van der Waals surface area contributed by atoms with E-state index in [-0.39, 0.29) is 5.92 Å². The highest BCUT2D eigenvalue weighted by Gasteiger charge is 2.32. The van der Waals surface area contributed by atoms with Gasteiger partial charge in [0.2, 0.25) is 0 Å². The van der Waals surface area contributed by atoms with Gasteiger partial charge in [-0.2, -0.15) is 0 Å². The molecule has 0 amide bonds. The van der Waals surface area contributed by atoms with Gasteiger partial charge in [0.1, 0.15) is 0 Å². The molecule has 1 aliphatic rings. The van der Waals surface area contributed by atoms with Gasteiger partial charge in [-0.3, -0.25) is 0 Å². The van der Waals surface area contributed by atoms with Crippen LogP contribution < -0.4 is 0 Å². The van der Waals surface area contributed by atoms with Crippen molar-refractivity contribution in [3.63, 3.8) is 0 Å². The molecule has 2 aromatic rings. The monoisotopic (exact) mass is 292 g/mol. The third-order valence-electron chi connectivity index (χ3n) is 4.36. The zero-order valence-electron chi connectivity index (χ0n) is 12.9. The Labute approximate surface area is 131 Å². The second-order valence-electron chi connectivity index (χ2n) is 6.15. The summed E-state index contributed by atoms with van der Waals surface area (Å²) in [5, 5.41) is 9.60. The lowest BCUT2D eigenvalue weighted by Gasteiger charge is -2.20. The largest absolute Gasteiger partial charge is 0.478 e. The SMILES string of the molecule is CC(C)c1cccc2c1C(Cc1ccccc1)C(C(=O)O)=C2. The van der Waals surface area contributed by atoms with Crippen molar-refractivity contribution in [1.82, 2.24) is 0 Å². The molecule has 2 aromatic carbocycles. The first-order valence-electron chi connectivity index (χ1n) is 7.69. The number of rotatable bonds is 4. The van der Waals surface area contributed by atoms with Crippen LogP contribution in [0.1, 0.15) is 47.9 Å². The third-order valence-corrected chi connectivity index (χ3v) is 4.36. The highest BCUT2D eigenvalue weighted by atomic mass is 16.4. The van der Waals surface area contributed by atoms with Crippen LogP contribution in [-0.4, -0.2) is 11.1 Å². The van der Waals surface area contributed by atoms with Gasteiger partial charge in [0.25, 0.3) is 0 Å². The summed E-state index contributed by atoms with van der Waals surface area (Å²) in [6, 6.07) is 16.3. The molecule has 112 valence electrons. The molecule has 0 aliphatic heterocycles. The van der Waals surface area contributed by atoms with Gasteiger partial charge in [-0.15, -0.1) is 0 Å². The molecule has 0 saturated carbocycles. The van der Waals surface area contributed by atoms with Crippen LogP contribution in [0.15, 0.2) is 54.1 Å². The van der Waals surface area contributed by atoms with E-state index in [9.17, 15) is 9.90 Å². The molecule has 2 nitrogen and oxygen atoms in total. The first kappa shape index (κ1) is 14.6. The van der Waals surface area contributed by atoms with Crippen LogP contribution in [0.3, 0.4) is 0 Å². The number of carboxylic acids is 1. The molecule has 0 fully saturated rings. The first-order valence-corrected chi connectivity index (χ1v) is 7.69. The molecular formula is C20H20O2. The van der Waals surface area contributed by atoms with Crippen LogP contribution in [0.5, 0.6) is 0 Å². The van der Waals surface area contributed by atoms with Crippen LogP contribution in [-0.2, 0) is 11.2 Å². The van der Waals surface area contributed by atoms with Gasteiger partial charge in [0.05, 0.1) is 0 Å². The van der Waals surface area contributed by atoms with E-state index in [2.05, 4.69) is 32.0 Å². The van der Waals surface area contributed by atoms with Crippen molar-refractivity contribution in [3.8, 4) is 0 Å². The molecule has 0 saturated heterocycles. The van der Waals surface area contributed by atoms with Gasteiger partial charge < -0.3 is 5.11 Å². The maximum atomic E-state index is 11.7. The predicted octanol–water partition coefficient (Wildman–Crippen LogP) is 4.62. The molecule has 0 radical (unpaired) electrons. The number of carbonyl (C=O) groups is 1. The Morgan fingerprint density at radius 1 is 1.09 bits per heavy atom.